The summed E-state index contributed by atoms with van der Waals surface area (Å²) in [6, 6.07) is 5.33. The van der Waals surface area contributed by atoms with Crippen LogP contribution in [0.1, 0.15) is 16.1 Å². The first-order chi connectivity index (χ1) is 8.16. The van der Waals surface area contributed by atoms with Crippen LogP contribution in [0.3, 0.4) is 0 Å². The minimum atomic E-state index is -0.0220. The van der Waals surface area contributed by atoms with Crippen LogP contribution in [0.2, 0.25) is 5.02 Å². The van der Waals surface area contributed by atoms with E-state index in [1.165, 1.54) is 0 Å². The molecule has 3 rings (SSSR count). The molecule has 4 nitrogen and oxygen atoms in total. The number of amides is 1. The highest BCUT2D eigenvalue weighted by molar-refractivity contribution is 6.31. The van der Waals surface area contributed by atoms with Gasteiger partial charge in [0.2, 0.25) is 0 Å². The van der Waals surface area contributed by atoms with E-state index in [1.807, 2.05) is 10.6 Å². The van der Waals surface area contributed by atoms with Gasteiger partial charge < -0.3 is 9.47 Å². The standard InChI is InChI=1S/C12H10ClN3O/c1-15-6-9-5-14-7-16(9)11-3-2-8(13)4-10(11)12(15)17/h2-5,7H,6H2,1H3. The number of rotatable bonds is 0. The van der Waals surface area contributed by atoms with E-state index in [0.29, 0.717) is 17.1 Å². The fraction of sp³-hybridized carbons (Fsp3) is 0.167. The Morgan fingerprint density at radius 2 is 2.24 bits per heavy atom. The number of benzene rings is 1. The third-order valence-corrected chi connectivity index (χ3v) is 3.14. The molecule has 0 radical (unpaired) electrons. The molecule has 1 aromatic heterocycles. The molecule has 5 heteroatoms. The summed E-state index contributed by atoms with van der Waals surface area (Å²) in [6.45, 7) is 0.547. The van der Waals surface area contributed by atoms with E-state index in [1.54, 1.807) is 36.6 Å². The summed E-state index contributed by atoms with van der Waals surface area (Å²) in [5.74, 6) is -0.0220. The maximum atomic E-state index is 12.2. The Hall–Kier alpha value is -1.81. The fourth-order valence-electron chi connectivity index (χ4n) is 2.07. The number of fused-ring (bicyclic) bond motifs is 3. The Bertz CT molecular complexity index is 606. The molecular formula is C12H10ClN3O. The van der Waals surface area contributed by atoms with Crippen molar-refractivity contribution in [1.82, 2.24) is 14.5 Å². The highest BCUT2D eigenvalue weighted by Crippen LogP contribution is 2.25. The summed E-state index contributed by atoms with van der Waals surface area (Å²) < 4.78 is 1.92. The Morgan fingerprint density at radius 1 is 1.41 bits per heavy atom. The molecule has 1 aliphatic heterocycles. The zero-order chi connectivity index (χ0) is 12.0. The van der Waals surface area contributed by atoms with Crippen LogP contribution in [0.4, 0.5) is 0 Å². The monoisotopic (exact) mass is 247 g/mol. The van der Waals surface area contributed by atoms with E-state index in [0.717, 1.165) is 11.4 Å². The molecule has 0 N–H and O–H groups in total. The lowest BCUT2D eigenvalue weighted by Crippen LogP contribution is -2.24. The van der Waals surface area contributed by atoms with Crippen molar-refractivity contribution in [2.45, 2.75) is 6.54 Å². The third-order valence-electron chi connectivity index (χ3n) is 2.91. The maximum Gasteiger partial charge on any atom is 0.256 e. The molecule has 0 fully saturated rings. The van der Waals surface area contributed by atoms with Gasteiger partial charge in [0.25, 0.3) is 5.91 Å². The number of aromatic nitrogens is 2. The Labute approximate surface area is 103 Å². The second kappa shape index (κ2) is 3.60. The lowest BCUT2D eigenvalue weighted by Gasteiger charge is -2.13. The summed E-state index contributed by atoms with van der Waals surface area (Å²) in [5, 5.41) is 0.564. The molecule has 0 atom stereocenters. The van der Waals surface area contributed by atoms with Crippen molar-refractivity contribution in [2.24, 2.45) is 0 Å². The van der Waals surface area contributed by atoms with Gasteiger partial charge in [-0.25, -0.2) is 4.98 Å². The third kappa shape index (κ3) is 1.52. The molecule has 0 unspecified atom stereocenters. The lowest BCUT2D eigenvalue weighted by atomic mass is 10.1. The Morgan fingerprint density at radius 3 is 3.06 bits per heavy atom. The van der Waals surface area contributed by atoms with Crippen LogP contribution < -0.4 is 0 Å². The number of hydrogen-bond acceptors (Lipinski definition) is 2. The molecule has 0 aliphatic carbocycles. The highest BCUT2D eigenvalue weighted by atomic mass is 35.5. The Balaban J connectivity index is 2.32. The van der Waals surface area contributed by atoms with Crippen molar-refractivity contribution in [2.75, 3.05) is 7.05 Å². The molecule has 2 aromatic rings. The van der Waals surface area contributed by atoms with Gasteiger partial charge in [-0.2, -0.15) is 0 Å². The van der Waals surface area contributed by atoms with Crippen LogP contribution in [0, 0.1) is 0 Å². The zero-order valence-corrected chi connectivity index (χ0v) is 9.98. The first kappa shape index (κ1) is 10.4. The van der Waals surface area contributed by atoms with Gasteiger partial charge in [-0.1, -0.05) is 11.6 Å². The normalized spacial score (nSPS) is 14.2. The summed E-state index contributed by atoms with van der Waals surface area (Å²) in [5.41, 5.74) is 2.43. The van der Waals surface area contributed by atoms with E-state index >= 15 is 0 Å². The fourth-order valence-corrected chi connectivity index (χ4v) is 2.24. The number of imidazole rings is 1. The number of hydrogen-bond donors (Lipinski definition) is 0. The van der Waals surface area contributed by atoms with Crippen LogP contribution in [-0.4, -0.2) is 27.4 Å². The minimum absolute atomic E-state index is 0.0220. The zero-order valence-electron chi connectivity index (χ0n) is 9.22. The van der Waals surface area contributed by atoms with Crippen molar-refractivity contribution in [3.05, 3.63) is 47.0 Å². The number of halogens is 1. The number of carbonyl (C=O) groups excluding carboxylic acids is 1. The first-order valence-electron chi connectivity index (χ1n) is 5.23. The van der Waals surface area contributed by atoms with Crippen LogP contribution >= 0.6 is 11.6 Å². The first-order valence-corrected chi connectivity index (χ1v) is 5.61. The van der Waals surface area contributed by atoms with Gasteiger partial charge in [0, 0.05) is 12.1 Å². The average molecular weight is 248 g/mol. The van der Waals surface area contributed by atoms with E-state index in [4.69, 9.17) is 11.6 Å². The molecule has 0 saturated carbocycles. The molecule has 0 spiro atoms. The van der Waals surface area contributed by atoms with Gasteiger partial charge >= 0.3 is 0 Å². The summed E-state index contributed by atoms with van der Waals surface area (Å²) in [6.07, 6.45) is 3.49. The van der Waals surface area contributed by atoms with Crippen LogP contribution in [0.25, 0.3) is 5.69 Å². The SMILES string of the molecule is CN1Cc2cncn2-c2ccc(Cl)cc2C1=O. The second-order valence-electron chi connectivity index (χ2n) is 4.08. The van der Waals surface area contributed by atoms with E-state index in [9.17, 15) is 4.79 Å². The molecule has 17 heavy (non-hydrogen) atoms. The summed E-state index contributed by atoms with van der Waals surface area (Å²) in [7, 11) is 1.77. The number of carbonyl (C=O) groups is 1. The molecule has 2 heterocycles. The predicted molar refractivity (Wildman–Crippen MR) is 64.4 cm³/mol. The smallest absolute Gasteiger partial charge is 0.256 e. The lowest BCUT2D eigenvalue weighted by molar-refractivity contribution is 0.0788. The van der Waals surface area contributed by atoms with Crippen molar-refractivity contribution < 1.29 is 4.79 Å². The van der Waals surface area contributed by atoms with Crippen molar-refractivity contribution in [1.29, 1.82) is 0 Å². The van der Waals surface area contributed by atoms with E-state index < -0.39 is 0 Å². The van der Waals surface area contributed by atoms with Crippen molar-refractivity contribution in [3.63, 3.8) is 0 Å². The minimum Gasteiger partial charge on any atom is -0.336 e. The van der Waals surface area contributed by atoms with Gasteiger partial charge in [-0.15, -0.1) is 0 Å². The molecular weight excluding hydrogens is 238 g/mol. The molecule has 0 saturated heterocycles. The predicted octanol–water partition coefficient (Wildman–Crippen LogP) is 2.11. The maximum absolute atomic E-state index is 12.2. The van der Waals surface area contributed by atoms with Gasteiger partial charge in [-0.3, -0.25) is 4.79 Å². The summed E-state index contributed by atoms with van der Waals surface area (Å²) in [4.78, 5) is 18.0. The van der Waals surface area contributed by atoms with Gasteiger partial charge in [0.15, 0.2) is 0 Å². The molecule has 86 valence electrons. The van der Waals surface area contributed by atoms with Crippen molar-refractivity contribution in [3.8, 4) is 5.69 Å². The average Bonchev–Trinajstić information content (AvgIpc) is 2.72. The largest absolute Gasteiger partial charge is 0.336 e. The summed E-state index contributed by atoms with van der Waals surface area (Å²) >= 11 is 5.95. The quantitative estimate of drug-likeness (QED) is 0.715. The Kier molecular flexibility index (Phi) is 2.19. The van der Waals surface area contributed by atoms with Gasteiger partial charge in [0.05, 0.1) is 36.0 Å². The number of nitrogens with zero attached hydrogens (tertiary/aromatic N) is 3. The highest BCUT2D eigenvalue weighted by Gasteiger charge is 2.23. The second-order valence-corrected chi connectivity index (χ2v) is 4.51. The van der Waals surface area contributed by atoms with E-state index in [2.05, 4.69) is 4.98 Å². The molecule has 0 bridgehead atoms. The van der Waals surface area contributed by atoms with Crippen molar-refractivity contribution >= 4 is 17.5 Å². The van der Waals surface area contributed by atoms with Gasteiger partial charge in [0.1, 0.15) is 0 Å². The molecule has 1 aliphatic rings. The van der Waals surface area contributed by atoms with Crippen LogP contribution in [0.5, 0.6) is 0 Å². The molecule has 1 aromatic carbocycles. The van der Waals surface area contributed by atoms with Crippen LogP contribution in [-0.2, 0) is 6.54 Å². The van der Waals surface area contributed by atoms with Gasteiger partial charge in [-0.05, 0) is 18.2 Å². The topological polar surface area (TPSA) is 38.1 Å². The molecule has 1 amide bonds. The van der Waals surface area contributed by atoms with E-state index in [-0.39, 0.29) is 5.91 Å². The van der Waals surface area contributed by atoms with Crippen LogP contribution in [0.15, 0.2) is 30.7 Å².